The Morgan fingerprint density at radius 1 is 0.649 bits per heavy atom. The Hall–Kier alpha value is -4.38. The van der Waals surface area contributed by atoms with Gasteiger partial charge in [-0.2, -0.15) is 0 Å². The number of hydrogen-bond acceptors (Lipinski definition) is 5. The Bertz CT molecular complexity index is 1260. The molecule has 0 atom stereocenters. The Balaban J connectivity index is 1.22. The molecule has 0 radical (unpaired) electrons. The summed E-state index contributed by atoms with van der Waals surface area (Å²) in [4.78, 5) is 0. The van der Waals surface area contributed by atoms with Gasteiger partial charge in [-0.1, -0.05) is 55.8 Å². The highest BCUT2D eigenvalue weighted by molar-refractivity contribution is 5.65. The van der Waals surface area contributed by atoms with Crippen molar-refractivity contribution < 1.29 is 14.2 Å². The minimum Gasteiger partial charge on any atom is -0.494 e. The van der Waals surface area contributed by atoms with Crippen LogP contribution in [0.25, 0.3) is 17.2 Å². The van der Waals surface area contributed by atoms with Crippen molar-refractivity contribution in [3.8, 4) is 28.4 Å². The van der Waals surface area contributed by atoms with E-state index in [0.29, 0.717) is 24.6 Å². The number of rotatable bonds is 12. The van der Waals surface area contributed by atoms with E-state index in [1.807, 2.05) is 72.8 Å². The summed E-state index contributed by atoms with van der Waals surface area (Å²) in [7, 11) is 0. The first-order valence-corrected chi connectivity index (χ1v) is 12.6. The molecule has 0 saturated carbocycles. The third-order valence-corrected chi connectivity index (χ3v) is 5.79. The first-order valence-electron chi connectivity index (χ1n) is 12.6. The van der Waals surface area contributed by atoms with Gasteiger partial charge in [0.05, 0.1) is 6.61 Å². The molecule has 5 heteroatoms. The van der Waals surface area contributed by atoms with Gasteiger partial charge in [-0.05, 0) is 89.3 Å². The van der Waals surface area contributed by atoms with Crippen molar-refractivity contribution in [3.05, 3.63) is 108 Å². The molecule has 4 aromatic carbocycles. The van der Waals surface area contributed by atoms with Crippen LogP contribution >= 0.6 is 0 Å². The average Bonchev–Trinajstić information content (AvgIpc) is 2.91. The highest BCUT2D eigenvalue weighted by Gasteiger charge is 2.01. The molecule has 4 aromatic rings. The number of nitrogen functional groups attached to an aromatic ring is 2. The maximum absolute atomic E-state index is 5.87. The molecular weight excluding hydrogens is 460 g/mol. The molecule has 0 heterocycles. The summed E-state index contributed by atoms with van der Waals surface area (Å²) >= 11 is 0. The van der Waals surface area contributed by atoms with Gasteiger partial charge in [-0.15, -0.1) is 0 Å². The van der Waals surface area contributed by atoms with E-state index >= 15 is 0 Å². The van der Waals surface area contributed by atoms with E-state index in [2.05, 4.69) is 31.2 Å². The van der Waals surface area contributed by atoms with E-state index in [-0.39, 0.29) is 0 Å². The third kappa shape index (κ3) is 8.07. The van der Waals surface area contributed by atoms with Crippen molar-refractivity contribution in [1.82, 2.24) is 0 Å². The van der Waals surface area contributed by atoms with Crippen molar-refractivity contribution in [3.63, 3.8) is 0 Å². The van der Waals surface area contributed by atoms with Crippen molar-refractivity contribution >= 4 is 17.5 Å². The zero-order valence-electron chi connectivity index (χ0n) is 21.2. The number of benzene rings is 4. The van der Waals surface area contributed by atoms with Crippen LogP contribution in [0, 0.1) is 0 Å². The first kappa shape index (κ1) is 25.7. The van der Waals surface area contributed by atoms with Gasteiger partial charge in [0.15, 0.2) is 0 Å². The molecule has 0 spiro atoms. The van der Waals surface area contributed by atoms with Crippen LogP contribution < -0.4 is 25.7 Å². The topological polar surface area (TPSA) is 79.7 Å². The molecule has 190 valence electrons. The number of anilines is 2. The van der Waals surface area contributed by atoms with Gasteiger partial charge in [0.2, 0.25) is 0 Å². The van der Waals surface area contributed by atoms with E-state index in [9.17, 15) is 0 Å². The molecule has 0 bridgehead atoms. The summed E-state index contributed by atoms with van der Waals surface area (Å²) in [5, 5.41) is 0. The van der Waals surface area contributed by atoms with Crippen molar-refractivity contribution in [2.45, 2.75) is 26.4 Å². The molecule has 4 N–H and O–H groups in total. The fourth-order valence-corrected chi connectivity index (χ4v) is 3.82. The molecule has 0 amide bonds. The molecule has 0 aliphatic rings. The Morgan fingerprint density at radius 2 is 1.19 bits per heavy atom. The maximum atomic E-state index is 5.87. The summed E-state index contributed by atoms with van der Waals surface area (Å²) in [5.41, 5.74) is 17.3. The van der Waals surface area contributed by atoms with Gasteiger partial charge in [0.1, 0.15) is 30.5 Å². The zero-order chi connectivity index (χ0) is 25.9. The fourth-order valence-electron chi connectivity index (χ4n) is 3.82. The van der Waals surface area contributed by atoms with E-state index in [1.165, 1.54) is 0 Å². The Morgan fingerprint density at radius 3 is 1.78 bits per heavy atom. The lowest BCUT2D eigenvalue weighted by Gasteiger charge is -2.08. The summed E-state index contributed by atoms with van der Waals surface area (Å²) in [6, 6.07) is 29.7. The van der Waals surface area contributed by atoms with E-state index in [4.69, 9.17) is 25.7 Å². The molecule has 4 rings (SSSR count). The monoisotopic (exact) mass is 494 g/mol. The van der Waals surface area contributed by atoms with Crippen molar-refractivity contribution in [2.24, 2.45) is 0 Å². The maximum Gasteiger partial charge on any atom is 0.119 e. The molecule has 0 aliphatic carbocycles. The van der Waals surface area contributed by atoms with Crippen LogP contribution in [0.3, 0.4) is 0 Å². The Labute approximate surface area is 219 Å². The smallest absolute Gasteiger partial charge is 0.119 e. The lowest BCUT2D eigenvalue weighted by molar-refractivity contribution is 0.306. The van der Waals surface area contributed by atoms with Crippen LogP contribution in [-0.2, 0) is 6.61 Å². The van der Waals surface area contributed by atoms with Crippen LogP contribution in [0.4, 0.5) is 11.4 Å². The molecule has 0 aromatic heterocycles. The summed E-state index contributed by atoms with van der Waals surface area (Å²) in [6.07, 6.45) is 6.23. The second-order valence-corrected chi connectivity index (χ2v) is 8.83. The van der Waals surface area contributed by atoms with Gasteiger partial charge < -0.3 is 25.7 Å². The highest BCUT2D eigenvalue weighted by atomic mass is 16.5. The summed E-state index contributed by atoms with van der Waals surface area (Å²) in [5.74, 6) is 2.53. The predicted molar refractivity (Wildman–Crippen MR) is 153 cm³/mol. The molecule has 5 nitrogen and oxygen atoms in total. The lowest BCUT2D eigenvalue weighted by Crippen LogP contribution is -1.99. The zero-order valence-corrected chi connectivity index (χ0v) is 21.2. The average molecular weight is 495 g/mol. The fraction of sp³-hybridized carbons (Fsp3) is 0.188. The molecular formula is C32H34N2O3. The molecule has 0 fully saturated rings. The quantitative estimate of drug-likeness (QED) is 0.159. The number of ether oxygens (including phenoxy) is 3. The number of unbranched alkanes of at least 4 members (excludes halogenated alkanes) is 1. The van der Waals surface area contributed by atoms with Gasteiger partial charge in [0.25, 0.3) is 0 Å². The summed E-state index contributed by atoms with van der Waals surface area (Å²) in [6.45, 7) is 3.82. The van der Waals surface area contributed by atoms with E-state index < -0.39 is 0 Å². The van der Waals surface area contributed by atoms with E-state index in [1.54, 1.807) is 6.07 Å². The number of hydrogen-bond donors (Lipinski definition) is 2. The highest BCUT2D eigenvalue weighted by Crippen LogP contribution is 2.25. The van der Waals surface area contributed by atoms with Crippen LogP contribution in [-0.4, -0.2) is 13.2 Å². The standard InChI is InChI=1S/C32H34N2O3/c1-2-3-18-35-30-14-8-26(9-15-30)27-10-16-31(17-11-27)36-19-4-5-24-6-12-32(13-7-24)37-23-25-20-28(33)22-29(34)21-25/h4-17,20-22H,2-3,18-19,23,33-34H2,1H3/b5-4+. The third-order valence-electron chi connectivity index (χ3n) is 5.79. The second-order valence-electron chi connectivity index (χ2n) is 8.83. The van der Waals surface area contributed by atoms with Crippen LogP contribution in [0.5, 0.6) is 17.2 Å². The summed E-state index contributed by atoms with van der Waals surface area (Å²) < 4.78 is 17.5. The van der Waals surface area contributed by atoms with Gasteiger partial charge >= 0.3 is 0 Å². The van der Waals surface area contributed by atoms with Gasteiger partial charge in [-0.3, -0.25) is 0 Å². The molecule has 0 saturated heterocycles. The van der Waals surface area contributed by atoms with Crippen LogP contribution in [0.15, 0.2) is 97.1 Å². The lowest BCUT2D eigenvalue weighted by atomic mass is 10.1. The molecule has 0 unspecified atom stereocenters. The van der Waals surface area contributed by atoms with Crippen LogP contribution in [0.1, 0.15) is 30.9 Å². The first-order chi connectivity index (χ1) is 18.1. The minimum absolute atomic E-state index is 0.413. The van der Waals surface area contributed by atoms with Crippen LogP contribution in [0.2, 0.25) is 0 Å². The SMILES string of the molecule is CCCCOc1ccc(-c2ccc(OC/C=C/c3ccc(OCc4cc(N)cc(N)c4)cc3)cc2)cc1. The predicted octanol–water partition coefficient (Wildman–Crippen LogP) is 7.37. The second kappa shape index (κ2) is 13.1. The number of nitrogens with two attached hydrogens (primary N) is 2. The van der Waals surface area contributed by atoms with E-state index in [0.717, 1.165) is 59.0 Å². The Kier molecular flexibility index (Phi) is 9.08. The molecule has 0 aliphatic heterocycles. The minimum atomic E-state index is 0.413. The van der Waals surface area contributed by atoms with Gasteiger partial charge in [0, 0.05) is 11.4 Å². The van der Waals surface area contributed by atoms with Gasteiger partial charge in [-0.25, -0.2) is 0 Å². The van der Waals surface area contributed by atoms with Crippen molar-refractivity contribution in [2.75, 3.05) is 24.7 Å². The largest absolute Gasteiger partial charge is 0.494 e. The normalized spacial score (nSPS) is 10.9. The van der Waals surface area contributed by atoms with Crippen molar-refractivity contribution in [1.29, 1.82) is 0 Å². The molecule has 37 heavy (non-hydrogen) atoms.